The van der Waals surface area contributed by atoms with Crippen LogP contribution in [-0.2, 0) is 11.2 Å². The predicted octanol–water partition coefficient (Wildman–Crippen LogP) is 1.74. The monoisotopic (exact) mass is 269 g/mol. The van der Waals surface area contributed by atoms with Gasteiger partial charge in [0.25, 0.3) is 0 Å². The Morgan fingerprint density at radius 2 is 2.21 bits per heavy atom. The van der Waals surface area contributed by atoms with Gasteiger partial charge >= 0.3 is 0 Å². The van der Waals surface area contributed by atoms with E-state index >= 15 is 0 Å². The van der Waals surface area contributed by atoms with Crippen LogP contribution in [0.1, 0.15) is 18.4 Å². The van der Waals surface area contributed by atoms with Crippen LogP contribution in [0, 0.1) is 17.6 Å². The summed E-state index contributed by atoms with van der Waals surface area (Å²) >= 11 is 0. The van der Waals surface area contributed by atoms with E-state index in [4.69, 9.17) is 5.11 Å². The third-order valence-electron chi connectivity index (χ3n) is 3.53. The molecule has 1 aliphatic heterocycles. The Hall–Kier alpha value is -1.49. The van der Waals surface area contributed by atoms with Crippen LogP contribution in [0.4, 0.5) is 8.78 Å². The van der Waals surface area contributed by atoms with Gasteiger partial charge in [-0.05, 0) is 30.4 Å². The number of hydrogen-bond donors (Lipinski definition) is 1. The predicted molar refractivity (Wildman–Crippen MR) is 66.5 cm³/mol. The fraction of sp³-hybridized carbons (Fsp3) is 0.500. The molecule has 104 valence electrons. The number of carbonyl (C=O) groups excluding carboxylic acids is 1. The summed E-state index contributed by atoms with van der Waals surface area (Å²) in [6.07, 6.45) is 1.52. The first-order chi connectivity index (χ1) is 9.10. The third-order valence-corrected chi connectivity index (χ3v) is 3.53. The van der Waals surface area contributed by atoms with E-state index in [-0.39, 0.29) is 24.5 Å². The summed E-state index contributed by atoms with van der Waals surface area (Å²) in [4.78, 5) is 13.7. The van der Waals surface area contributed by atoms with Crippen LogP contribution in [-0.4, -0.2) is 35.6 Å². The van der Waals surface area contributed by atoms with Gasteiger partial charge in [0, 0.05) is 25.8 Å². The maximum absolute atomic E-state index is 13.5. The highest BCUT2D eigenvalue weighted by atomic mass is 19.1. The van der Waals surface area contributed by atoms with Gasteiger partial charge in [0.2, 0.25) is 5.91 Å². The fourth-order valence-corrected chi connectivity index (χ4v) is 2.42. The molecule has 1 aromatic rings. The van der Waals surface area contributed by atoms with Crippen molar-refractivity contribution in [2.75, 3.05) is 19.7 Å². The Balaban J connectivity index is 1.94. The van der Waals surface area contributed by atoms with Crippen LogP contribution in [0.15, 0.2) is 18.2 Å². The highest BCUT2D eigenvalue weighted by Gasteiger charge is 2.26. The number of benzene rings is 1. The van der Waals surface area contributed by atoms with Crippen molar-refractivity contribution in [1.82, 2.24) is 4.90 Å². The lowest BCUT2D eigenvalue weighted by molar-refractivity contribution is -0.129. The summed E-state index contributed by atoms with van der Waals surface area (Å²) in [5.41, 5.74) is 0.219. The van der Waals surface area contributed by atoms with Crippen LogP contribution in [0.2, 0.25) is 0 Å². The zero-order valence-electron chi connectivity index (χ0n) is 10.6. The molecule has 1 amide bonds. The smallest absolute Gasteiger partial charge is 0.227 e. The maximum atomic E-state index is 13.5. The van der Waals surface area contributed by atoms with Crippen molar-refractivity contribution in [2.24, 2.45) is 5.92 Å². The number of nitrogens with zero attached hydrogens (tertiary/aromatic N) is 1. The third kappa shape index (κ3) is 3.50. The molecule has 1 unspecified atom stereocenters. The van der Waals surface area contributed by atoms with Crippen molar-refractivity contribution >= 4 is 5.91 Å². The minimum absolute atomic E-state index is 0.0437. The fourth-order valence-electron chi connectivity index (χ4n) is 2.42. The number of aliphatic hydroxyl groups is 1. The standard InChI is InChI=1S/C14H17F2NO2/c15-12-2-1-11(13(16)8-12)7-14(19)17-5-3-10(9-17)4-6-18/h1-2,8,10,18H,3-7,9H2. The van der Waals surface area contributed by atoms with E-state index in [1.54, 1.807) is 4.90 Å². The maximum Gasteiger partial charge on any atom is 0.227 e. The second-order valence-corrected chi connectivity index (χ2v) is 4.92. The molecule has 1 heterocycles. The molecule has 2 rings (SSSR count). The summed E-state index contributed by atoms with van der Waals surface area (Å²) in [5, 5.41) is 8.86. The topological polar surface area (TPSA) is 40.5 Å². The van der Waals surface area contributed by atoms with Crippen molar-refractivity contribution in [1.29, 1.82) is 0 Å². The molecule has 0 aromatic heterocycles. The van der Waals surface area contributed by atoms with E-state index in [0.717, 1.165) is 18.6 Å². The summed E-state index contributed by atoms with van der Waals surface area (Å²) in [6.45, 7) is 1.38. The number of carbonyl (C=O) groups is 1. The Kier molecular flexibility index (Phi) is 4.47. The molecule has 0 spiro atoms. The van der Waals surface area contributed by atoms with E-state index < -0.39 is 11.6 Å². The largest absolute Gasteiger partial charge is 0.396 e. The lowest BCUT2D eigenvalue weighted by Gasteiger charge is -2.16. The summed E-state index contributed by atoms with van der Waals surface area (Å²) in [5.74, 6) is -1.14. The van der Waals surface area contributed by atoms with Gasteiger partial charge in [-0.3, -0.25) is 4.79 Å². The molecule has 1 fully saturated rings. The summed E-state index contributed by atoms with van der Waals surface area (Å²) < 4.78 is 26.2. The number of aliphatic hydroxyl groups excluding tert-OH is 1. The lowest BCUT2D eigenvalue weighted by atomic mass is 10.1. The van der Waals surface area contributed by atoms with Gasteiger partial charge in [0.1, 0.15) is 11.6 Å². The molecule has 1 N–H and O–H groups in total. The van der Waals surface area contributed by atoms with Gasteiger partial charge in [0.05, 0.1) is 6.42 Å². The van der Waals surface area contributed by atoms with Crippen molar-refractivity contribution in [3.05, 3.63) is 35.4 Å². The second kappa shape index (κ2) is 6.10. The van der Waals surface area contributed by atoms with E-state index in [9.17, 15) is 13.6 Å². The highest BCUT2D eigenvalue weighted by molar-refractivity contribution is 5.79. The summed E-state index contributed by atoms with van der Waals surface area (Å²) in [6, 6.07) is 3.26. The van der Waals surface area contributed by atoms with Crippen molar-refractivity contribution < 1.29 is 18.7 Å². The van der Waals surface area contributed by atoms with Gasteiger partial charge < -0.3 is 10.0 Å². The molecule has 3 nitrogen and oxygen atoms in total. The highest BCUT2D eigenvalue weighted by Crippen LogP contribution is 2.20. The number of likely N-dealkylation sites (tertiary alicyclic amines) is 1. The molecule has 0 bridgehead atoms. The minimum atomic E-state index is -0.681. The molecule has 0 aliphatic carbocycles. The van der Waals surface area contributed by atoms with E-state index in [1.165, 1.54) is 6.07 Å². The number of hydrogen-bond acceptors (Lipinski definition) is 2. The van der Waals surface area contributed by atoms with Crippen LogP contribution in [0.3, 0.4) is 0 Å². The molecule has 1 saturated heterocycles. The van der Waals surface area contributed by atoms with Gasteiger partial charge in [0.15, 0.2) is 0 Å². The average Bonchev–Trinajstić information content (AvgIpc) is 2.82. The average molecular weight is 269 g/mol. The zero-order chi connectivity index (χ0) is 13.8. The number of rotatable bonds is 4. The lowest BCUT2D eigenvalue weighted by Crippen LogP contribution is -2.30. The number of halogens is 2. The first-order valence-electron chi connectivity index (χ1n) is 6.42. The quantitative estimate of drug-likeness (QED) is 0.904. The normalized spacial score (nSPS) is 18.9. The minimum Gasteiger partial charge on any atom is -0.396 e. The van der Waals surface area contributed by atoms with E-state index in [1.807, 2.05) is 0 Å². The molecule has 0 radical (unpaired) electrons. The van der Waals surface area contributed by atoms with Gasteiger partial charge in [-0.15, -0.1) is 0 Å². The van der Waals surface area contributed by atoms with E-state index in [2.05, 4.69) is 0 Å². The molecule has 19 heavy (non-hydrogen) atoms. The SMILES string of the molecule is O=C(Cc1ccc(F)cc1F)N1CCC(CCO)C1. The Morgan fingerprint density at radius 3 is 2.89 bits per heavy atom. The Morgan fingerprint density at radius 1 is 1.42 bits per heavy atom. The Labute approximate surface area is 110 Å². The first-order valence-corrected chi connectivity index (χ1v) is 6.42. The molecule has 5 heteroatoms. The first kappa shape index (κ1) is 13.9. The molecule has 1 aromatic carbocycles. The number of amides is 1. The molecule has 0 saturated carbocycles. The van der Waals surface area contributed by atoms with Crippen LogP contribution in [0.5, 0.6) is 0 Å². The van der Waals surface area contributed by atoms with Crippen molar-refractivity contribution in [3.63, 3.8) is 0 Å². The zero-order valence-corrected chi connectivity index (χ0v) is 10.6. The Bertz CT molecular complexity index is 465. The van der Waals surface area contributed by atoms with Gasteiger partial charge in [-0.1, -0.05) is 6.07 Å². The second-order valence-electron chi connectivity index (χ2n) is 4.92. The molecular formula is C14H17F2NO2. The van der Waals surface area contributed by atoms with Crippen LogP contribution >= 0.6 is 0 Å². The van der Waals surface area contributed by atoms with Crippen molar-refractivity contribution in [2.45, 2.75) is 19.3 Å². The summed E-state index contributed by atoms with van der Waals surface area (Å²) in [7, 11) is 0. The van der Waals surface area contributed by atoms with Crippen LogP contribution in [0.25, 0.3) is 0 Å². The van der Waals surface area contributed by atoms with Gasteiger partial charge in [-0.25, -0.2) is 8.78 Å². The van der Waals surface area contributed by atoms with E-state index in [0.29, 0.717) is 25.4 Å². The molecule has 1 aliphatic rings. The molecular weight excluding hydrogens is 252 g/mol. The van der Waals surface area contributed by atoms with Crippen LogP contribution < -0.4 is 0 Å². The molecule has 1 atom stereocenters. The van der Waals surface area contributed by atoms with Gasteiger partial charge in [-0.2, -0.15) is 0 Å². The van der Waals surface area contributed by atoms with Crippen molar-refractivity contribution in [3.8, 4) is 0 Å².